The Balaban J connectivity index is 2.50. The van der Waals surface area contributed by atoms with Crippen LogP contribution in [0.25, 0.3) is 32.7 Å². The Morgan fingerprint density at radius 1 is 0.550 bits per heavy atom. The summed E-state index contributed by atoms with van der Waals surface area (Å²) in [6, 6.07) is -0.0259. The number of rotatable bonds is 3. The monoisotopic (exact) mass is 586 g/mol. The molecule has 4 rings (SSSR count). The summed E-state index contributed by atoms with van der Waals surface area (Å²) < 4.78 is 185. The van der Waals surface area contributed by atoms with Gasteiger partial charge in [-0.25, -0.2) is 39.5 Å². The molecule has 0 N–H and O–H groups in total. The molecule has 0 aliphatic carbocycles. The van der Waals surface area contributed by atoms with Gasteiger partial charge in [-0.15, -0.1) is 0 Å². The molecule has 0 bridgehead atoms. The first-order valence-electron chi connectivity index (χ1n) is 10.9. The normalized spacial score (nSPS) is 12.5. The van der Waals surface area contributed by atoms with Gasteiger partial charge in [0.1, 0.15) is 11.4 Å². The van der Waals surface area contributed by atoms with Crippen LogP contribution in [0.5, 0.6) is 11.5 Å². The highest BCUT2D eigenvalue weighted by molar-refractivity contribution is 6.11. The van der Waals surface area contributed by atoms with E-state index in [0.29, 0.717) is 7.11 Å². The smallest absolute Gasteiger partial charge is 0.420 e. The lowest BCUT2D eigenvalue weighted by Gasteiger charge is -2.27. The van der Waals surface area contributed by atoms with E-state index in [1.54, 1.807) is 0 Å². The molecule has 0 aliphatic heterocycles. The van der Waals surface area contributed by atoms with Crippen molar-refractivity contribution in [3.63, 3.8) is 0 Å². The van der Waals surface area contributed by atoms with E-state index >= 15 is 13.2 Å². The second kappa shape index (κ2) is 9.37. The van der Waals surface area contributed by atoms with Crippen molar-refractivity contribution >= 4 is 21.5 Å². The predicted octanol–water partition coefficient (Wildman–Crippen LogP) is 9.12. The molecule has 40 heavy (non-hydrogen) atoms. The minimum Gasteiger partial charge on any atom is -0.495 e. The number of methoxy groups -OCH3 is 1. The van der Waals surface area contributed by atoms with Crippen LogP contribution in [0.2, 0.25) is 0 Å². The van der Waals surface area contributed by atoms with Gasteiger partial charge in [-0.05, 0) is 32.9 Å². The zero-order chi connectivity index (χ0) is 30.2. The molecule has 0 amide bonds. The van der Waals surface area contributed by atoms with E-state index in [9.17, 15) is 39.5 Å². The summed E-state index contributed by atoms with van der Waals surface area (Å²) in [6.07, 6.45) is -5.52. The third-order valence-corrected chi connectivity index (χ3v) is 5.75. The van der Waals surface area contributed by atoms with E-state index in [2.05, 4.69) is 0 Å². The molecular weight excluding hydrogens is 572 g/mol. The lowest BCUT2D eigenvalue weighted by atomic mass is 9.88. The van der Waals surface area contributed by atoms with Crippen molar-refractivity contribution in [2.45, 2.75) is 32.5 Å². The Morgan fingerprint density at radius 2 is 0.950 bits per heavy atom. The van der Waals surface area contributed by atoms with Crippen molar-refractivity contribution < 1.29 is 62.2 Å². The molecule has 0 aromatic heterocycles. The minimum atomic E-state index is -5.52. The molecule has 2 nitrogen and oxygen atoms in total. The van der Waals surface area contributed by atoms with Crippen LogP contribution in [0.15, 0.2) is 12.1 Å². The minimum absolute atomic E-state index is 0.125. The SMILES string of the molecule is COc1c(C(F)(F)F)cc2c(F)c(F)c(F)c(F)c2c1-c1c(OC(C)(C)C)c(F)cc2c(F)c(F)c(F)c(F)c12. The van der Waals surface area contributed by atoms with Crippen LogP contribution in [-0.2, 0) is 6.18 Å². The van der Waals surface area contributed by atoms with Crippen molar-refractivity contribution in [3.8, 4) is 22.6 Å². The first-order valence-corrected chi connectivity index (χ1v) is 10.9. The number of hydrogen-bond acceptors (Lipinski definition) is 2. The maximum absolute atomic E-state index is 15.4. The highest BCUT2D eigenvalue weighted by Crippen LogP contribution is 2.53. The van der Waals surface area contributed by atoms with Gasteiger partial charge in [0.25, 0.3) is 0 Å². The van der Waals surface area contributed by atoms with Crippen LogP contribution < -0.4 is 9.47 Å². The highest BCUT2D eigenvalue weighted by Gasteiger charge is 2.41. The molecule has 0 saturated carbocycles. The summed E-state index contributed by atoms with van der Waals surface area (Å²) in [5, 5.41) is -6.04. The summed E-state index contributed by atoms with van der Waals surface area (Å²) in [5.41, 5.74) is -6.44. The fourth-order valence-corrected chi connectivity index (χ4v) is 4.25. The van der Waals surface area contributed by atoms with Crippen LogP contribution in [-0.4, -0.2) is 12.7 Å². The maximum atomic E-state index is 15.4. The molecule has 0 unspecified atom stereocenters. The summed E-state index contributed by atoms with van der Waals surface area (Å²) in [5.74, 6) is -23.8. The van der Waals surface area contributed by atoms with Crippen LogP contribution >= 0.6 is 0 Å². The maximum Gasteiger partial charge on any atom is 0.420 e. The van der Waals surface area contributed by atoms with Gasteiger partial charge in [0, 0.05) is 32.7 Å². The first kappa shape index (κ1) is 29.2. The molecule has 0 saturated heterocycles. The van der Waals surface area contributed by atoms with Crippen LogP contribution in [0.1, 0.15) is 26.3 Å². The molecule has 0 spiro atoms. The Labute approximate surface area is 216 Å². The Hall–Kier alpha value is -3.84. The van der Waals surface area contributed by atoms with Crippen LogP contribution in [0.3, 0.4) is 0 Å². The van der Waals surface area contributed by atoms with E-state index in [0.717, 1.165) is 0 Å². The van der Waals surface area contributed by atoms with Gasteiger partial charge < -0.3 is 9.47 Å². The van der Waals surface area contributed by atoms with Gasteiger partial charge in [-0.1, -0.05) is 0 Å². The third kappa shape index (κ3) is 4.33. The fourth-order valence-electron chi connectivity index (χ4n) is 4.25. The number of fused-ring (bicyclic) bond motifs is 2. The molecule has 0 heterocycles. The lowest BCUT2D eigenvalue weighted by Crippen LogP contribution is -2.24. The van der Waals surface area contributed by atoms with Gasteiger partial charge in [-0.3, -0.25) is 0 Å². The zero-order valence-electron chi connectivity index (χ0n) is 20.5. The van der Waals surface area contributed by atoms with E-state index in [-0.39, 0.29) is 12.1 Å². The van der Waals surface area contributed by atoms with E-state index < -0.39 is 114 Å². The summed E-state index contributed by atoms with van der Waals surface area (Å²) >= 11 is 0. The van der Waals surface area contributed by atoms with Crippen molar-refractivity contribution in [3.05, 3.63) is 70.1 Å². The molecular formula is C26H14F12O2. The zero-order valence-corrected chi connectivity index (χ0v) is 20.5. The van der Waals surface area contributed by atoms with Gasteiger partial charge >= 0.3 is 6.18 Å². The van der Waals surface area contributed by atoms with Crippen molar-refractivity contribution in [2.24, 2.45) is 0 Å². The molecule has 0 radical (unpaired) electrons. The number of benzene rings is 4. The van der Waals surface area contributed by atoms with E-state index in [1.165, 1.54) is 20.8 Å². The Kier molecular flexibility index (Phi) is 6.83. The van der Waals surface area contributed by atoms with Crippen molar-refractivity contribution in [2.75, 3.05) is 7.11 Å². The molecule has 4 aromatic rings. The number of hydrogen-bond donors (Lipinski definition) is 0. The molecule has 0 fully saturated rings. The van der Waals surface area contributed by atoms with Crippen molar-refractivity contribution in [1.82, 2.24) is 0 Å². The van der Waals surface area contributed by atoms with Crippen LogP contribution in [0, 0.1) is 52.4 Å². The molecule has 14 heteroatoms. The van der Waals surface area contributed by atoms with Gasteiger partial charge in [0.15, 0.2) is 58.1 Å². The number of alkyl halides is 3. The second-order valence-electron chi connectivity index (χ2n) is 9.46. The quantitative estimate of drug-likeness (QED) is 0.136. The highest BCUT2D eigenvalue weighted by atomic mass is 19.4. The van der Waals surface area contributed by atoms with Crippen molar-refractivity contribution in [1.29, 1.82) is 0 Å². The lowest BCUT2D eigenvalue weighted by molar-refractivity contribution is -0.138. The summed E-state index contributed by atoms with van der Waals surface area (Å²) in [6.45, 7) is 3.75. The largest absolute Gasteiger partial charge is 0.495 e. The number of ether oxygens (including phenoxy) is 2. The van der Waals surface area contributed by atoms with Crippen LogP contribution in [0.4, 0.5) is 52.7 Å². The summed E-state index contributed by atoms with van der Waals surface area (Å²) in [7, 11) is 0.553. The standard InChI is InChI=1S/C26H14F12O2/c1-25(2,3)40-24-10(27)6-8-12(18(31)22(35)20(33)16(8)29)14(24)13-11-7(15(28)19(32)21(34)17(11)30)5-9(23(13)39-4)26(36,37)38/h5-6H,1-4H3. The topological polar surface area (TPSA) is 18.5 Å². The average molecular weight is 586 g/mol. The van der Waals surface area contributed by atoms with Gasteiger partial charge in [0.2, 0.25) is 0 Å². The Morgan fingerprint density at radius 3 is 1.35 bits per heavy atom. The van der Waals surface area contributed by atoms with Gasteiger partial charge in [-0.2, -0.15) is 13.2 Å². The van der Waals surface area contributed by atoms with Gasteiger partial charge in [0.05, 0.1) is 12.7 Å². The average Bonchev–Trinajstić information content (AvgIpc) is 2.86. The molecule has 4 aromatic carbocycles. The Bertz CT molecular complexity index is 1720. The molecule has 0 aliphatic rings. The van der Waals surface area contributed by atoms with E-state index in [4.69, 9.17) is 9.47 Å². The summed E-state index contributed by atoms with van der Waals surface area (Å²) in [4.78, 5) is 0. The van der Waals surface area contributed by atoms with E-state index in [1.807, 2.05) is 0 Å². The molecule has 214 valence electrons. The third-order valence-electron chi connectivity index (χ3n) is 5.75. The first-order chi connectivity index (χ1) is 18.3. The fraction of sp³-hybridized carbons (Fsp3) is 0.231. The molecule has 0 atom stereocenters. The predicted molar refractivity (Wildman–Crippen MR) is 118 cm³/mol. The number of halogens is 12. The second-order valence-corrected chi connectivity index (χ2v) is 9.46.